The molecule has 0 saturated carbocycles. The number of ether oxygens (including phenoxy) is 3. The van der Waals surface area contributed by atoms with Crippen LogP contribution in [0.5, 0.6) is 11.5 Å². The number of methoxy groups -OCH3 is 3. The summed E-state index contributed by atoms with van der Waals surface area (Å²) in [6.07, 6.45) is 2.42. The van der Waals surface area contributed by atoms with Crippen molar-refractivity contribution in [3.63, 3.8) is 0 Å². The Balaban J connectivity index is 2.18. The fourth-order valence-corrected chi connectivity index (χ4v) is 4.44. The summed E-state index contributed by atoms with van der Waals surface area (Å²) in [7, 11) is -0.856. The molecule has 0 N–H and O–H groups in total. The third-order valence-electron chi connectivity index (χ3n) is 4.62. The Bertz CT molecular complexity index is 1270. The van der Waals surface area contributed by atoms with Crippen molar-refractivity contribution in [3.05, 3.63) is 71.7 Å². The zero-order chi connectivity index (χ0) is 24.2. The molecule has 0 bridgehead atoms. The van der Waals surface area contributed by atoms with Crippen molar-refractivity contribution in [1.29, 1.82) is 0 Å². The topological polar surface area (TPSA) is 108 Å². The van der Waals surface area contributed by atoms with Crippen molar-refractivity contribution in [1.82, 2.24) is 9.97 Å². The zero-order valence-corrected chi connectivity index (χ0v) is 18.6. The molecule has 0 aliphatic rings. The van der Waals surface area contributed by atoms with Crippen molar-refractivity contribution >= 4 is 21.8 Å². The van der Waals surface area contributed by atoms with Gasteiger partial charge in [-0.1, -0.05) is 0 Å². The van der Waals surface area contributed by atoms with Crippen molar-refractivity contribution in [3.8, 4) is 11.5 Å². The van der Waals surface area contributed by atoms with E-state index in [1.807, 2.05) is 0 Å². The monoisotopic (exact) mass is 479 g/mol. The molecule has 1 heterocycles. The molecule has 0 aliphatic carbocycles. The number of aromatic nitrogens is 2. The highest BCUT2D eigenvalue weighted by molar-refractivity contribution is 7.92. The standard InChI is InChI=1S/C21H19F2N3O6S/c1-30-14-5-4-13(18(8-14)31-2)11-26(20-6-7-24-12-25-20)33(28,29)19-9-15(21(27)32-3)16(22)10-17(19)23/h4-10,12H,11H2,1-3H3. The van der Waals surface area contributed by atoms with Crippen LogP contribution in [0.4, 0.5) is 14.6 Å². The maximum atomic E-state index is 14.7. The average Bonchev–Trinajstić information content (AvgIpc) is 2.82. The number of benzene rings is 2. The van der Waals surface area contributed by atoms with Crippen LogP contribution in [0.15, 0.2) is 53.8 Å². The van der Waals surface area contributed by atoms with E-state index in [4.69, 9.17) is 9.47 Å². The Morgan fingerprint density at radius 2 is 1.79 bits per heavy atom. The second-order valence-corrected chi connectivity index (χ2v) is 8.34. The lowest BCUT2D eigenvalue weighted by Gasteiger charge is -2.25. The number of carbonyl (C=O) groups excluding carboxylic acids is 1. The lowest BCUT2D eigenvalue weighted by Crippen LogP contribution is -2.32. The summed E-state index contributed by atoms with van der Waals surface area (Å²) in [5, 5.41) is 0. The summed E-state index contributed by atoms with van der Waals surface area (Å²) in [6.45, 7) is -0.336. The van der Waals surface area contributed by atoms with Crippen molar-refractivity contribution < 1.29 is 36.2 Å². The van der Waals surface area contributed by atoms with Crippen molar-refractivity contribution in [2.45, 2.75) is 11.4 Å². The molecule has 0 unspecified atom stereocenters. The smallest absolute Gasteiger partial charge is 0.340 e. The quantitative estimate of drug-likeness (QED) is 0.454. The molecule has 0 amide bonds. The first kappa shape index (κ1) is 23.9. The van der Waals surface area contributed by atoms with Gasteiger partial charge in [0.2, 0.25) is 0 Å². The number of anilines is 1. The minimum Gasteiger partial charge on any atom is -0.497 e. The fraction of sp³-hybridized carbons (Fsp3) is 0.190. The highest BCUT2D eigenvalue weighted by Gasteiger charge is 2.32. The van der Waals surface area contributed by atoms with Crippen LogP contribution in [0.3, 0.4) is 0 Å². The van der Waals surface area contributed by atoms with E-state index in [9.17, 15) is 22.0 Å². The average molecular weight is 479 g/mol. The summed E-state index contributed by atoms with van der Waals surface area (Å²) >= 11 is 0. The highest BCUT2D eigenvalue weighted by Crippen LogP contribution is 2.31. The van der Waals surface area contributed by atoms with Crippen LogP contribution >= 0.6 is 0 Å². The van der Waals surface area contributed by atoms with E-state index in [0.29, 0.717) is 29.2 Å². The third-order valence-corrected chi connectivity index (χ3v) is 6.39. The molecular formula is C21H19F2N3O6S. The predicted molar refractivity (Wildman–Crippen MR) is 113 cm³/mol. The molecule has 3 aromatic rings. The van der Waals surface area contributed by atoms with Crippen LogP contribution in [0, 0.1) is 11.6 Å². The summed E-state index contributed by atoms with van der Waals surface area (Å²) in [5.74, 6) is -3.12. The van der Waals surface area contributed by atoms with E-state index in [-0.39, 0.29) is 12.4 Å². The number of sulfonamides is 1. The molecule has 0 spiro atoms. The molecular weight excluding hydrogens is 460 g/mol. The summed E-state index contributed by atoms with van der Waals surface area (Å²) < 4.78 is 71.6. The van der Waals surface area contributed by atoms with E-state index in [0.717, 1.165) is 17.7 Å². The molecule has 0 aliphatic heterocycles. The molecule has 174 valence electrons. The van der Waals surface area contributed by atoms with Gasteiger partial charge in [0.15, 0.2) is 0 Å². The van der Waals surface area contributed by atoms with E-state index in [1.165, 1.54) is 26.5 Å². The van der Waals surface area contributed by atoms with Gasteiger partial charge in [-0.15, -0.1) is 0 Å². The summed E-state index contributed by atoms with van der Waals surface area (Å²) in [5.41, 5.74) is -0.335. The van der Waals surface area contributed by atoms with Gasteiger partial charge in [-0.3, -0.25) is 0 Å². The number of halogens is 2. The Hall–Kier alpha value is -3.80. The van der Waals surface area contributed by atoms with Gasteiger partial charge in [0.1, 0.15) is 40.2 Å². The molecule has 9 nitrogen and oxygen atoms in total. The Morgan fingerprint density at radius 1 is 1.03 bits per heavy atom. The highest BCUT2D eigenvalue weighted by atomic mass is 32.2. The first-order chi connectivity index (χ1) is 15.7. The number of nitrogens with zero attached hydrogens (tertiary/aromatic N) is 3. The molecule has 3 rings (SSSR count). The second kappa shape index (κ2) is 9.77. The zero-order valence-electron chi connectivity index (χ0n) is 17.8. The third kappa shape index (κ3) is 4.85. The number of carbonyl (C=O) groups is 1. The lowest BCUT2D eigenvalue weighted by molar-refractivity contribution is 0.0595. The number of esters is 1. The first-order valence-electron chi connectivity index (χ1n) is 9.30. The van der Waals surface area contributed by atoms with E-state index >= 15 is 0 Å². The van der Waals surface area contributed by atoms with E-state index in [2.05, 4.69) is 14.7 Å². The first-order valence-corrected chi connectivity index (χ1v) is 10.7. The maximum absolute atomic E-state index is 14.7. The maximum Gasteiger partial charge on any atom is 0.340 e. The van der Waals surface area contributed by atoms with Gasteiger partial charge < -0.3 is 14.2 Å². The molecule has 0 saturated heterocycles. The van der Waals surface area contributed by atoms with Gasteiger partial charge in [-0.25, -0.2) is 36.3 Å². The van der Waals surface area contributed by atoms with Crippen LogP contribution < -0.4 is 13.8 Å². The number of rotatable bonds is 8. The Morgan fingerprint density at radius 3 is 2.39 bits per heavy atom. The summed E-state index contributed by atoms with van der Waals surface area (Å²) in [6, 6.07) is 6.92. The van der Waals surface area contributed by atoms with Gasteiger partial charge in [0.25, 0.3) is 10.0 Å². The van der Waals surface area contributed by atoms with Crippen molar-refractivity contribution in [2.75, 3.05) is 25.6 Å². The fourth-order valence-electron chi connectivity index (χ4n) is 2.97. The normalized spacial score (nSPS) is 11.1. The minimum atomic E-state index is -4.70. The number of hydrogen-bond acceptors (Lipinski definition) is 8. The van der Waals surface area contributed by atoms with Crippen LogP contribution in [-0.4, -0.2) is 45.7 Å². The lowest BCUT2D eigenvalue weighted by atomic mass is 10.2. The minimum absolute atomic E-state index is 0.0915. The Labute approximate surface area is 188 Å². The van der Waals surface area contributed by atoms with Gasteiger partial charge in [0, 0.05) is 30.0 Å². The number of hydrogen-bond donors (Lipinski definition) is 0. The Kier molecular flexibility index (Phi) is 7.07. The van der Waals surface area contributed by atoms with Crippen LogP contribution in [-0.2, 0) is 21.3 Å². The van der Waals surface area contributed by atoms with Crippen molar-refractivity contribution in [2.24, 2.45) is 0 Å². The molecule has 0 fully saturated rings. The predicted octanol–water partition coefficient (Wildman–Crippen LogP) is 2.95. The van der Waals surface area contributed by atoms with Gasteiger partial charge in [-0.05, 0) is 18.2 Å². The molecule has 0 atom stereocenters. The van der Waals surface area contributed by atoms with Gasteiger partial charge in [0.05, 0.1) is 33.4 Å². The van der Waals surface area contributed by atoms with Crippen LogP contribution in [0.25, 0.3) is 0 Å². The SMILES string of the molecule is COC(=O)c1cc(S(=O)(=O)N(Cc2ccc(OC)cc2OC)c2ccncn2)c(F)cc1F. The van der Waals surface area contributed by atoms with Gasteiger partial charge >= 0.3 is 5.97 Å². The van der Waals surface area contributed by atoms with E-state index in [1.54, 1.807) is 18.2 Å². The summed E-state index contributed by atoms with van der Waals surface area (Å²) in [4.78, 5) is 18.6. The molecule has 12 heteroatoms. The molecule has 33 heavy (non-hydrogen) atoms. The molecule has 1 aromatic heterocycles. The second-order valence-electron chi connectivity index (χ2n) is 6.51. The molecule has 2 aromatic carbocycles. The molecule has 0 radical (unpaired) electrons. The largest absolute Gasteiger partial charge is 0.497 e. The van der Waals surface area contributed by atoms with Crippen LogP contribution in [0.2, 0.25) is 0 Å². The van der Waals surface area contributed by atoms with E-state index < -0.39 is 38.1 Å². The van der Waals surface area contributed by atoms with Crippen LogP contribution in [0.1, 0.15) is 15.9 Å². The van der Waals surface area contributed by atoms with Gasteiger partial charge in [-0.2, -0.15) is 0 Å².